The van der Waals surface area contributed by atoms with Gasteiger partial charge in [-0.2, -0.15) is 0 Å². The van der Waals surface area contributed by atoms with Gasteiger partial charge in [0, 0.05) is 12.3 Å². The number of carbonyl (C=O) groups excluding carboxylic acids is 1. The van der Waals surface area contributed by atoms with Gasteiger partial charge in [-0.1, -0.05) is 12.1 Å². The standard InChI is InChI=1S/C22H23N3O6S/c1-29-17-10-11-19(30-2)18(13-17)25(15-22(26)24-16-7-6-12-23-14-16)32(27,28)21-9-5-4-8-20(21)31-3/h4-14H,15H2,1-3H3,(H,24,26). The van der Waals surface area contributed by atoms with Crippen LogP contribution in [0.2, 0.25) is 0 Å². The molecule has 0 unspecified atom stereocenters. The van der Waals surface area contributed by atoms with Gasteiger partial charge in [-0.05, 0) is 36.4 Å². The largest absolute Gasteiger partial charge is 0.497 e. The molecule has 0 aliphatic heterocycles. The van der Waals surface area contributed by atoms with Crippen molar-refractivity contribution in [2.24, 2.45) is 0 Å². The van der Waals surface area contributed by atoms with Gasteiger partial charge >= 0.3 is 0 Å². The molecule has 0 aliphatic rings. The SMILES string of the molecule is COc1ccc(OC)c(N(CC(=O)Nc2cccnc2)S(=O)(=O)c2ccccc2OC)c1. The number of ether oxygens (including phenoxy) is 3. The lowest BCUT2D eigenvalue weighted by Gasteiger charge is -2.26. The van der Waals surface area contributed by atoms with Crippen LogP contribution in [0.1, 0.15) is 0 Å². The third-order valence-corrected chi connectivity index (χ3v) is 6.32. The number of pyridine rings is 1. The van der Waals surface area contributed by atoms with Crippen LogP contribution < -0.4 is 23.8 Å². The van der Waals surface area contributed by atoms with Crippen molar-refractivity contribution in [2.45, 2.75) is 4.90 Å². The first-order valence-electron chi connectivity index (χ1n) is 9.48. The molecule has 0 saturated carbocycles. The van der Waals surface area contributed by atoms with E-state index in [1.165, 1.54) is 45.7 Å². The van der Waals surface area contributed by atoms with Gasteiger partial charge in [0.05, 0.1) is 38.9 Å². The lowest BCUT2D eigenvalue weighted by Crippen LogP contribution is -2.38. The molecular formula is C22H23N3O6S. The number of methoxy groups -OCH3 is 3. The summed E-state index contributed by atoms with van der Waals surface area (Å²) in [7, 11) is -0.000817. The molecule has 3 aromatic rings. The Hall–Kier alpha value is -3.79. The van der Waals surface area contributed by atoms with Crippen molar-refractivity contribution in [3.05, 3.63) is 67.0 Å². The molecule has 0 atom stereocenters. The van der Waals surface area contributed by atoms with Crippen LogP contribution >= 0.6 is 0 Å². The minimum Gasteiger partial charge on any atom is -0.497 e. The van der Waals surface area contributed by atoms with Crippen LogP contribution in [0.25, 0.3) is 0 Å². The first kappa shape index (κ1) is 22.9. The fourth-order valence-electron chi connectivity index (χ4n) is 3.01. The van der Waals surface area contributed by atoms with Gasteiger partial charge in [0.15, 0.2) is 0 Å². The van der Waals surface area contributed by atoms with Gasteiger partial charge in [0.25, 0.3) is 10.0 Å². The highest BCUT2D eigenvalue weighted by Crippen LogP contribution is 2.37. The number of benzene rings is 2. The third-order valence-electron chi connectivity index (χ3n) is 4.52. The van der Waals surface area contributed by atoms with Gasteiger partial charge < -0.3 is 19.5 Å². The predicted molar refractivity (Wildman–Crippen MR) is 120 cm³/mol. The van der Waals surface area contributed by atoms with Gasteiger partial charge in [0.2, 0.25) is 5.91 Å². The van der Waals surface area contributed by atoms with Gasteiger partial charge in [-0.25, -0.2) is 8.42 Å². The first-order valence-corrected chi connectivity index (χ1v) is 10.9. The maximum atomic E-state index is 13.7. The third kappa shape index (κ3) is 4.92. The lowest BCUT2D eigenvalue weighted by molar-refractivity contribution is -0.114. The molecule has 1 amide bonds. The highest BCUT2D eigenvalue weighted by atomic mass is 32.2. The van der Waals surface area contributed by atoms with E-state index in [1.54, 1.807) is 42.6 Å². The Balaban J connectivity index is 2.10. The molecule has 1 heterocycles. The molecule has 0 saturated heterocycles. The van der Waals surface area contributed by atoms with Crippen molar-refractivity contribution in [1.29, 1.82) is 0 Å². The Kier molecular flexibility index (Phi) is 7.16. The summed E-state index contributed by atoms with van der Waals surface area (Å²) in [6.07, 6.45) is 3.03. The van der Waals surface area contributed by atoms with Crippen molar-refractivity contribution < 1.29 is 27.4 Å². The predicted octanol–water partition coefficient (Wildman–Crippen LogP) is 2.94. The van der Waals surface area contributed by atoms with Crippen LogP contribution in [-0.4, -0.2) is 47.2 Å². The fourth-order valence-corrected chi connectivity index (χ4v) is 4.59. The zero-order valence-electron chi connectivity index (χ0n) is 17.8. The maximum Gasteiger partial charge on any atom is 0.268 e. The molecule has 32 heavy (non-hydrogen) atoms. The van der Waals surface area contributed by atoms with Crippen molar-refractivity contribution in [3.63, 3.8) is 0 Å². The van der Waals surface area contributed by atoms with Crippen LogP contribution in [0.4, 0.5) is 11.4 Å². The van der Waals surface area contributed by atoms with Crippen LogP contribution in [0.5, 0.6) is 17.2 Å². The van der Waals surface area contributed by atoms with Crippen LogP contribution in [0, 0.1) is 0 Å². The highest BCUT2D eigenvalue weighted by molar-refractivity contribution is 7.93. The summed E-state index contributed by atoms with van der Waals surface area (Å²) in [6, 6.07) is 14.2. The number of nitrogens with zero attached hydrogens (tertiary/aromatic N) is 2. The number of carbonyl (C=O) groups is 1. The molecule has 0 bridgehead atoms. The molecule has 10 heteroatoms. The van der Waals surface area contributed by atoms with Crippen molar-refractivity contribution in [3.8, 4) is 17.2 Å². The Morgan fingerprint density at radius 1 is 0.969 bits per heavy atom. The molecule has 1 aromatic heterocycles. The fraction of sp³-hybridized carbons (Fsp3) is 0.182. The molecule has 2 aromatic carbocycles. The van der Waals surface area contributed by atoms with E-state index in [1.807, 2.05) is 0 Å². The summed E-state index contributed by atoms with van der Waals surface area (Å²) in [5, 5.41) is 2.65. The summed E-state index contributed by atoms with van der Waals surface area (Å²) in [6.45, 7) is -0.529. The summed E-state index contributed by atoms with van der Waals surface area (Å²) < 4.78 is 44.3. The Morgan fingerprint density at radius 2 is 1.72 bits per heavy atom. The van der Waals surface area contributed by atoms with E-state index in [-0.39, 0.29) is 22.1 Å². The van der Waals surface area contributed by atoms with E-state index < -0.39 is 22.5 Å². The number of rotatable bonds is 9. The van der Waals surface area contributed by atoms with E-state index >= 15 is 0 Å². The number of para-hydroxylation sites is 1. The van der Waals surface area contributed by atoms with Crippen LogP contribution in [0.15, 0.2) is 71.9 Å². The summed E-state index contributed by atoms with van der Waals surface area (Å²) in [4.78, 5) is 16.7. The molecular weight excluding hydrogens is 434 g/mol. The zero-order valence-corrected chi connectivity index (χ0v) is 18.6. The number of anilines is 2. The van der Waals surface area contributed by atoms with Crippen molar-refractivity contribution in [1.82, 2.24) is 4.98 Å². The maximum absolute atomic E-state index is 13.7. The Labute approximate surface area is 186 Å². The van der Waals surface area contributed by atoms with Crippen LogP contribution in [-0.2, 0) is 14.8 Å². The smallest absolute Gasteiger partial charge is 0.268 e. The van der Waals surface area contributed by atoms with Crippen molar-refractivity contribution in [2.75, 3.05) is 37.5 Å². The first-order chi connectivity index (χ1) is 15.4. The number of amides is 1. The normalized spacial score (nSPS) is 10.8. The van der Waals surface area contributed by atoms with Crippen LogP contribution in [0.3, 0.4) is 0 Å². The average molecular weight is 458 g/mol. The number of hydrogen-bond acceptors (Lipinski definition) is 7. The Morgan fingerprint density at radius 3 is 2.38 bits per heavy atom. The van der Waals surface area contributed by atoms with Gasteiger partial charge in [-0.15, -0.1) is 0 Å². The molecule has 0 radical (unpaired) electrons. The Bertz CT molecular complexity index is 1190. The van der Waals surface area contributed by atoms with E-state index in [0.717, 1.165) is 4.31 Å². The summed E-state index contributed by atoms with van der Waals surface area (Å²) in [5.74, 6) is 0.223. The van der Waals surface area contributed by atoms with Gasteiger partial charge in [0.1, 0.15) is 28.7 Å². The zero-order chi connectivity index (χ0) is 23.1. The molecule has 0 aliphatic carbocycles. The molecule has 0 spiro atoms. The number of sulfonamides is 1. The molecule has 0 fully saturated rings. The monoisotopic (exact) mass is 457 g/mol. The van der Waals surface area contributed by atoms with E-state index in [2.05, 4.69) is 10.3 Å². The summed E-state index contributed by atoms with van der Waals surface area (Å²) >= 11 is 0. The second kappa shape index (κ2) is 10.0. The molecule has 9 nitrogen and oxygen atoms in total. The number of nitrogens with one attached hydrogen (secondary N) is 1. The number of hydrogen-bond donors (Lipinski definition) is 1. The van der Waals surface area contributed by atoms with E-state index in [4.69, 9.17) is 14.2 Å². The van der Waals surface area contributed by atoms with Crippen molar-refractivity contribution >= 4 is 27.3 Å². The summed E-state index contributed by atoms with van der Waals surface area (Å²) in [5.41, 5.74) is 0.573. The second-order valence-electron chi connectivity index (χ2n) is 6.49. The minimum absolute atomic E-state index is 0.0958. The lowest BCUT2D eigenvalue weighted by atomic mass is 10.2. The van der Waals surface area contributed by atoms with Gasteiger partial charge in [-0.3, -0.25) is 14.1 Å². The molecule has 3 rings (SSSR count). The topological polar surface area (TPSA) is 107 Å². The number of aromatic nitrogens is 1. The van der Waals surface area contributed by atoms with E-state index in [9.17, 15) is 13.2 Å². The average Bonchev–Trinajstić information content (AvgIpc) is 2.82. The quantitative estimate of drug-likeness (QED) is 0.526. The highest BCUT2D eigenvalue weighted by Gasteiger charge is 2.32. The molecule has 1 N–H and O–H groups in total. The molecule has 168 valence electrons. The minimum atomic E-state index is -4.25. The second-order valence-corrected chi connectivity index (χ2v) is 8.32. The van der Waals surface area contributed by atoms with E-state index in [0.29, 0.717) is 11.4 Å².